The van der Waals surface area contributed by atoms with Gasteiger partial charge in [0.2, 0.25) is 15.9 Å². The van der Waals surface area contributed by atoms with E-state index in [0.717, 1.165) is 0 Å². The molecule has 9 heteroatoms. The molecule has 1 fully saturated rings. The van der Waals surface area contributed by atoms with E-state index >= 15 is 0 Å². The smallest absolute Gasteiger partial charge is 0.251 e. The normalized spacial score (nSPS) is 16.2. The van der Waals surface area contributed by atoms with Gasteiger partial charge in [0, 0.05) is 31.7 Å². The highest BCUT2D eigenvalue weighted by Crippen LogP contribution is 2.16. The van der Waals surface area contributed by atoms with Gasteiger partial charge in [-0.1, -0.05) is 13.8 Å². The Morgan fingerprint density at radius 2 is 1.70 bits per heavy atom. The lowest BCUT2D eigenvalue weighted by atomic mass is 10.2. The molecule has 1 atom stereocenters. The third-order valence-electron chi connectivity index (χ3n) is 4.50. The summed E-state index contributed by atoms with van der Waals surface area (Å²) in [5.74, 6) is -0.580. The SMILES string of the molecule is CCN(CC)S(=O)(=O)c1ccc(C(=O)N[C@@H](C)C(=O)N2CCOCC2)cc1. The maximum absolute atomic E-state index is 12.5. The number of hydrogen-bond donors (Lipinski definition) is 1. The summed E-state index contributed by atoms with van der Waals surface area (Å²) in [5, 5.41) is 2.67. The Bertz CT molecular complexity index is 754. The minimum Gasteiger partial charge on any atom is -0.378 e. The molecule has 150 valence electrons. The van der Waals surface area contributed by atoms with E-state index in [1.807, 2.05) is 0 Å². The molecule has 2 rings (SSSR count). The van der Waals surface area contributed by atoms with Crippen LogP contribution in [0.25, 0.3) is 0 Å². The molecule has 1 saturated heterocycles. The average Bonchev–Trinajstić information content (AvgIpc) is 2.68. The predicted octanol–water partition coefficient (Wildman–Crippen LogP) is 0.694. The largest absolute Gasteiger partial charge is 0.378 e. The van der Waals surface area contributed by atoms with Gasteiger partial charge in [-0.3, -0.25) is 9.59 Å². The second-order valence-corrected chi connectivity index (χ2v) is 8.18. The number of rotatable bonds is 7. The molecule has 1 aliphatic rings. The Morgan fingerprint density at radius 3 is 2.22 bits per heavy atom. The fourth-order valence-electron chi connectivity index (χ4n) is 2.89. The van der Waals surface area contributed by atoms with E-state index in [2.05, 4.69) is 5.32 Å². The Morgan fingerprint density at radius 1 is 1.15 bits per heavy atom. The summed E-state index contributed by atoms with van der Waals surface area (Å²) in [7, 11) is -3.57. The Kier molecular flexibility index (Phi) is 7.34. The zero-order valence-corrected chi connectivity index (χ0v) is 16.8. The summed E-state index contributed by atoms with van der Waals surface area (Å²) in [4.78, 5) is 26.5. The second kappa shape index (κ2) is 9.29. The summed E-state index contributed by atoms with van der Waals surface area (Å²) in [6.07, 6.45) is 0. The van der Waals surface area contributed by atoms with E-state index in [0.29, 0.717) is 45.0 Å². The monoisotopic (exact) mass is 397 g/mol. The van der Waals surface area contributed by atoms with Crippen LogP contribution in [0.4, 0.5) is 0 Å². The second-order valence-electron chi connectivity index (χ2n) is 6.25. The fraction of sp³-hybridized carbons (Fsp3) is 0.556. The van der Waals surface area contributed by atoms with Gasteiger partial charge >= 0.3 is 0 Å². The Balaban J connectivity index is 2.03. The lowest BCUT2D eigenvalue weighted by Crippen LogP contribution is -2.50. The number of hydrogen-bond acceptors (Lipinski definition) is 5. The van der Waals surface area contributed by atoms with Crippen molar-refractivity contribution in [1.82, 2.24) is 14.5 Å². The molecule has 1 aromatic carbocycles. The molecule has 0 radical (unpaired) electrons. The van der Waals surface area contributed by atoms with E-state index in [4.69, 9.17) is 4.74 Å². The van der Waals surface area contributed by atoms with Crippen molar-refractivity contribution in [3.63, 3.8) is 0 Å². The number of carbonyl (C=O) groups excluding carboxylic acids is 2. The van der Waals surface area contributed by atoms with Crippen LogP contribution in [-0.2, 0) is 19.6 Å². The first-order chi connectivity index (χ1) is 12.8. The Hall–Kier alpha value is -1.97. The number of amides is 2. The number of ether oxygens (including phenoxy) is 1. The van der Waals surface area contributed by atoms with Crippen LogP contribution in [0.3, 0.4) is 0 Å². The zero-order chi connectivity index (χ0) is 20.0. The molecule has 1 aliphatic heterocycles. The molecule has 1 N–H and O–H groups in total. The minimum atomic E-state index is -3.57. The van der Waals surface area contributed by atoms with Gasteiger partial charge in [-0.15, -0.1) is 0 Å². The standard InChI is InChI=1S/C18H27N3O5S/c1-4-21(5-2)27(24,25)16-8-6-15(7-9-16)17(22)19-14(3)18(23)20-10-12-26-13-11-20/h6-9,14H,4-5,10-13H2,1-3H3,(H,19,22)/t14-/m0/s1. The van der Waals surface area contributed by atoms with Gasteiger partial charge in [-0.05, 0) is 31.2 Å². The number of benzene rings is 1. The molecule has 0 spiro atoms. The van der Waals surface area contributed by atoms with Crippen molar-refractivity contribution >= 4 is 21.8 Å². The van der Waals surface area contributed by atoms with E-state index < -0.39 is 22.0 Å². The molecule has 0 unspecified atom stereocenters. The van der Waals surface area contributed by atoms with Crippen LogP contribution in [0.1, 0.15) is 31.1 Å². The molecule has 1 heterocycles. The van der Waals surface area contributed by atoms with Crippen LogP contribution in [0, 0.1) is 0 Å². The van der Waals surface area contributed by atoms with Crippen molar-refractivity contribution in [3.8, 4) is 0 Å². The van der Waals surface area contributed by atoms with Crippen LogP contribution in [0.2, 0.25) is 0 Å². The van der Waals surface area contributed by atoms with Gasteiger partial charge in [-0.25, -0.2) is 8.42 Å². The summed E-state index contributed by atoms with van der Waals surface area (Å²) in [5.41, 5.74) is 0.301. The lowest BCUT2D eigenvalue weighted by Gasteiger charge is -2.29. The van der Waals surface area contributed by atoms with Gasteiger partial charge in [0.25, 0.3) is 5.91 Å². The highest BCUT2D eigenvalue weighted by Gasteiger charge is 2.25. The van der Waals surface area contributed by atoms with Gasteiger partial charge in [-0.2, -0.15) is 4.31 Å². The number of nitrogens with zero attached hydrogens (tertiary/aromatic N) is 2. The first-order valence-electron chi connectivity index (χ1n) is 9.08. The van der Waals surface area contributed by atoms with Crippen molar-refractivity contribution in [2.24, 2.45) is 0 Å². The van der Waals surface area contributed by atoms with E-state index in [1.54, 1.807) is 25.7 Å². The molecule has 0 aliphatic carbocycles. The number of morpholine rings is 1. The van der Waals surface area contributed by atoms with Crippen LogP contribution in [-0.4, -0.2) is 74.9 Å². The molecule has 8 nitrogen and oxygen atoms in total. The van der Waals surface area contributed by atoms with Crippen molar-refractivity contribution in [1.29, 1.82) is 0 Å². The van der Waals surface area contributed by atoms with Crippen LogP contribution in [0.15, 0.2) is 29.2 Å². The maximum Gasteiger partial charge on any atom is 0.251 e. The molecule has 0 saturated carbocycles. The Labute approximate surface area is 160 Å². The van der Waals surface area contributed by atoms with Crippen molar-refractivity contribution < 1.29 is 22.7 Å². The highest BCUT2D eigenvalue weighted by atomic mass is 32.2. The summed E-state index contributed by atoms with van der Waals surface area (Å²) >= 11 is 0. The molecule has 0 aromatic heterocycles. The molecule has 1 aromatic rings. The molecular formula is C18H27N3O5S. The lowest BCUT2D eigenvalue weighted by molar-refractivity contribution is -0.136. The van der Waals surface area contributed by atoms with Gasteiger partial charge in [0.05, 0.1) is 18.1 Å². The van der Waals surface area contributed by atoms with Crippen molar-refractivity contribution in [2.45, 2.75) is 31.7 Å². The summed E-state index contributed by atoms with van der Waals surface area (Å²) in [6.45, 7) is 7.95. The first-order valence-corrected chi connectivity index (χ1v) is 10.5. The summed E-state index contributed by atoms with van der Waals surface area (Å²) < 4.78 is 31.5. The zero-order valence-electron chi connectivity index (χ0n) is 16.0. The molecular weight excluding hydrogens is 370 g/mol. The van der Waals surface area contributed by atoms with E-state index in [1.165, 1.54) is 28.6 Å². The predicted molar refractivity (Wildman–Crippen MR) is 101 cm³/mol. The van der Waals surface area contributed by atoms with Crippen molar-refractivity contribution in [3.05, 3.63) is 29.8 Å². The highest BCUT2D eigenvalue weighted by molar-refractivity contribution is 7.89. The third-order valence-corrected chi connectivity index (χ3v) is 6.56. The van der Waals surface area contributed by atoms with Gasteiger partial charge in [0.15, 0.2) is 0 Å². The third kappa shape index (κ3) is 5.06. The van der Waals surface area contributed by atoms with E-state index in [-0.39, 0.29) is 10.8 Å². The minimum absolute atomic E-state index is 0.139. The summed E-state index contributed by atoms with van der Waals surface area (Å²) in [6, 6.07) is 5.07. The molecule has 27 heavy (non-hydrogen) atoms. The number of sulfonamides is 1. The quantitative estimate of drug-likeness (QED) is 0.730. The van der Waals surface area contributed by atoms with Crippen LogP contribution in [0.5, 0.6) is 0 Å². The van der Waals surface area contributed by atoms with E-state index in [9.17, 15) is 18.0 Å². The molecule has 0 bridgehead atoms. The van der Waals surface area contributed by atoms with Gasteiger partial charge < -0.3 is 15.0 Å². The fourth-order valence-corrected chi connectivity index (χ4v) is 4.35. The van der Waals surface area contributed by atoms with Crippen LogP contribution >= 0.6 is 0 Å². The van der Waals surface area contributed by atoms with Crippen LogP contribution < -0.4 is 5.32 Å². The first kappa shape index (κ1) is 21.3. The topological polar surface area (TPSA) is 96.0 Å². The van der Waals surface area contributed by atoms with Gasteiger partial charge in [0.1, 0.15) is 6.04 Å². The molecule has 2 amide bonds. The maximum atomic E-state index is 12.5. The number of carbonyl (C=O) groups is 2. The number of nitrogens with one attached hydrogen (secondary N) is 1. The average molecular weight is 397 g/mol. The van der Waals surface area contributed by atoms with Crippen molar-refractivity contribution in [2.75, 3.05) is 39.4 Å².